The van der Waals surface area contributed by atoms with Crippen molar-refractivity contribution in [3.8, 4) is 0 Å². The van der Waals surface area contributed by atoms with E-state index in [1.54, 1.807) is 0 Å². The fraction of sp³-hybridized carbons (Fsp3) is 0.111. The first kappa shape index (κ1) is 12.2. The lowest BCUT2D eigenvalue weighted by Crippen LogP contribution is -2.12. The summed E-state index contributed by atoms with van der Waals surface area (Å²) >= 11 is 0. The molecule has 2 aromatic heterocycles. The number of aromatic nitrogens is 2. The van der Waals surface area contributed by atoms with Gasteiger partial charge in [-0.3, -0.25) is 0 Å². The lowest BCUT2D eigenvalue weighted by molar-refractivity contribution is 0.674. The minimum absolute atomic E-state index is 0.837. The first-order valence-electron chi connectivity index (χ1n) is 7.22. The molecule has 0 bridgehead atoms. The Kier molecular flexibility index (Phi) is 2.98. The molecule has 2 heterocycles. The summed E-state index contributed by atoms with van der Waals surface area (Å²) in [7, 11) is 0. The van der Waals surface area contributed by atoms with Crippen molar-refractivity contribution in [3.05, 3.63) is 72.1 Å². The minimum Gasteiger partial charge on any atom is -0.357 e. The second-order valence-electron chi connectivity index (χ2n) is 5.37. The van der Waals surface area contributed by atoms with Gasteiger partial charge in [0.15, 0.2) is 0 Å². The molecule has 0 fully saturated rings. The summed E-state index contributed by atoms with van der Waals surface area (Å²) in [6, 6.07) is 21.1. The third kappa shape index (κ3) is 2.43. The highest BCUT2D eigenvalue weighted by molar-refractivity contribution is 5.80. The van der Waals surface area contributed by atoms with Gasteiger partial charge in [-0.2, -0.15) is 0 Å². The van der Waals surface area contributed by atoms with Crippen LogP contribution in [-0.2, 0) is 13.1 Å². The molecule has 2 aromatic carbocycles. The lowest BCUT2D eigenvalue weighted by Gasteiger charge is -2.00. The van der Waals surface area contributed by atoms with Crippen LogP contribution < -0.4 is 5.32 Å². The molecule has 0 aliphatic carbocycles. The topological polar surface area (TPSA) is 43.6 Å². The number of H-pyrrole nitrogens is 2. The number of rotatable bonds is 4. The van der Waals surface area contributed by atoms with Crippen molar-refractivity contribution in [1.82, 2.24) is 15.3 Å². The molecular weight excluding hydrogens is 258 g/mol. The molecule has 4 rings (SSSR count). The number of benzene rings is 2. The summed E-state index contributed by atoms with van der Waals surface area (Å²) in [6.45, 7) is 1.67. The molecule has 3 N–H and O–H groups in total. The van der Waals surface area contributed by atoms with E-state index in [4.69, 9.17) is 0 Å². The van der Waals surface area contributed by atoms with Gasteiger partial charge < -0.3 is 15.3 Å². The predicted octanol–water partition coefficient (Wildman–Crippen LogP) is 3.94. The van der Waals surface area contributed by atoms with E-state index in [9.17, 15) is 0 Å². The predicted molar refractivity (Wildman–Crippen MR) is 87.1 cm³/mol. The molecule has 3 nitrogen and oxygen atoms in total. The van der Waals surface area contributed by atoms with Gasteiger partial charge in [-0.05, 0) is 35.0 Å². The van der Waals surface area contributed by atoms with Gasteiger partial charge in [-0.25, -0.2) is 0 Å². The molecule has 0 radical (unpaired) electrons. The summed E-state index contributed by atoms with van der Waals surface area (Å²) < 4.78 is 0. The average molecular weight is 275 g/mol. The highest BCUT2D eigenvalue weighted by Gasteiger charge is 2.02. The largest absolute Gasteiger partial charge is 0.357 e. The second-order valence-corrected chi connectivity index (χ2v) is 5.37. The maximum Gasteiger partial charge on any atom is 0.0456 e. The van der Waals surface area contributed by atoms with Crippen molar-refractivity contribution in [3.63, 3.8) is 0 Å². The van der Waals surface area contributed by atoms with Gasteiger partial charge in [-0.1, -0.05) is 36.4 Å². The fourth-order valence-electron chi connectivity index (χ4n) is 2.79. The number of fused-ring (bicyclic) bond motifs is 2. The van der Waals surface area contributed by atoms with Gasteiger partial charge in [0, 0.05) is 35.5 Å². The Balaban J connectivity index is 1.44. The van der Waals surface area contributed by atoms with Crippen LogP contribution in [0, 0.1) is 0 Å². The summed E-state index contributed by atoms with van der Waals surface area (Å²) in [5, 5.41) is 6.01. The Labute approximate surface area is 123 Å². The maximum absolute atomic E-state index is 3.48. The Bertz CT molecular complexity index is 745. The maximum atomic E-state index is 3.48. The Morgan fingerprint density at radius 1 is 0.667 bits per heavy atom. The van der Waals surface area contributed by atoms with Crippen LogP contribution in [0.5, 0.6) is 0 Å². The molecule has 0 unspecified atom stereocenters. The van der Waals surface area contributed by atoms with Crippen molar-refractivity contribution in [2.24, 2.45) is 0 Å². The van der Waals surface area contributed by atoms with Gasteiger partial charge >= 0.3 is 0 Å². The van der Waals surface area contributed by atoms with Crippen LogP contribution in [0.1, 0.15) is 11.4 Å². The molecule has 3 heteroatoms. The highest BCUT2D eigenvalue weighted by atomic mass is 14.9. The van der Waals surface area contributed by atoms with E-state index in [2.05, 4.69) is 75.9 Å². The summed E-state index contributed by atoms with van der Waals surface area (Å²) in [5.41, 5.74) is 4.82. The van der Waals surface area contributed by atoms with Crippen molar-refractivity contribution < 1.29 is 0 Å². The van der Waals surface area contributed by atoms with Crippen molar-refractivity contribution >= 4 is 21.8 Å². The van der Waals surface area contributed by atoms with E-state index < -0.39 is 0 Å². The van der Waals surface area contributed by atoms with Crippen molar-refractivity contribution in [2.45, 2.75) is 13.1 Å². The molecular formula is C18H17N3. The summed E-state index contributed by atoms with van der Waals surface area (Å²) in [6.07, 6.45) is 0. The summed E-state index contributed by atoms with van der Waals surface area (Å²) in [5.74, 6) is 0. The molecule has 21 heavy (non-hydrogen) atoms. The molecule has 0 atom stereocenters. The van der Waals surface area contributed by atoms with E-state index >= 15 is 0 Å². The zero-order chi connectivity index (χ0) is 14.1. The number of aromatic amines is 2. The Hall–Kier alpha value is -2.52. The minimum atomic E-state index is 0.837. The Morgan fingerprint density at radius 3 is 1.62 bits per heavy atom. The highest BCUT2D eigenvalue weighted by Crippen LogP contribution is 2.16. The van der Waals surface area contributed by atoms with Crippen LogP contribution in [0.25, 0.3) is 21.8 Å². The molecule has 0 aliphatic rings. The van der Waals surface area contributed by atoms with E-state index in [0.29, 0.717) is 0 Å². The number of nitrogens with one attached hydrogen (secondary N) is 3. The number of hydrogen-bond donors (Lipinski definition) is 3. The van der Waals surface area contributed by atoms with Gasteiger partial charge in [0.05, 0.1) is 0 Å². The Morgan fingerprint density at radius 2 is 1.14 bits per heavy atom. The van der Waals surface area contributed by atoms with Gasteiger partial charge in [0.1, 0.15) is 0 Å². The molecule has 0 aliphatic heterocycles. The normalized spacial score (nSPS) is 11.4. The molecule has 104 valence electrons. The third-order valence-electron chi connectivity index (χ3n) is 3.80. The molecule has 0 saturated heterocycles. The standard InChI is InChI=1S/C18H17N3/c1-3-7-17-13(5-1)9-15(20-17)11-19-12-16-10-14-6-2-4-8-18(14)21-16/h1-10,19-21H,11-12H2. The van der Waals surface area contributed by atoms with Crippen LogP contribution in [0.15, 0.2) is 60.7 Å². The van der Waals surface area contributed by atoms with E-state index in [-0.39, 0.29) is 0 Å². The SMILES string of the molecule is c1ccc2[nH]c(CNCc3cc4ccccc4[nH]3)cc2c1. The summed E-state index contributed by atoms with van der Waals surface area (Å²) in [4.78, 5) is 6.87. The van der Waals surface area contributed by atoms with Crippen LogP contribution in [0.4, 0.5) is 0 Å². The molecule has 0 spiro atoms. The smallest absolute Gasteiger partial charge is 0.0456 e. The number of para-hydroxylation sites is 2. The van der Waals surface area contributed by atoms with Crippen LogP contribution in [-0.4, -0.2) is 9.97 Å². The van der Waals surface area contributed by atoms with E-state index in [1.807, 2.05) is 0 Å². The first-order valence-corrected chi connectivity index (χ1v) is 7.22. The zero-order valence-electron chi connectivity index (χ0n) is 11.7. The fourth-order valence-corrected chi connectivity index (χ4v) is 2.79. The van der Waals surface area contributed by atoms with E-state index in [0.717, 1.165) is 13.1 Å². The van der Waals surface area contributed by atoms with Gasteiger partial charge in [0.2, 0.25) is 0 Å². The molecule has 4 aromatic rings. The second kappa shape index (κ2) is 5.11. The third-order valence-corrected chi connectivity index (χ3v) is 3.80. The van der Waals surface area contributed by atoms with Crippen LogP contribution >= 0.6 is 0 Å². The van der Waals surface area contributed by atoms with E-state index in [1.165, 1.54) is 33.2 Å². The van der Waals surface area contributed by atoms with Crippen LogP contribution in [0.2, 0.25) is 0 Å². The first-order chi connectivity index (χ1) is 10.4. The van der Waals surface area contributed by atoms with Crippen molar-refractivity contribution in [2.75, 3.05) is 0 Å². The molecule has 0 amide bonds. The monoisotopic (exact) mass is 275 g/mol. The zero-order valence-corrected chi connectivity index (χ0v) is 11.7. The van der Waals surface area contributed by atoms with Gasteiger partial charge in [0.25, 0.3) is 0 Å². The molecule has 0 saturated carbocycles. The van der Waals surface area contributed by atoms with Gasteiger partial charge in [-0.15, -0.1) is 0 Å². The van der Waals surface area contributed by atoms with Crippen molar-refractivity contribution in [1.29, 1.82) is 0 Å². The lowest BCUT2D eigenvalue weighted by atomic mass is 10.2. The quantitative estimate of drug-likeness (QED) is 0.519. The average Bonchev–Trinajstić information content (AvgIpc) is 3.09. The van der Waals surface area contributed by atoms with Crippen LogP contribution in [0.3, 0.4) is 0 Å². The number of hydrogen-bond acceptors (Lipinski definition) is 1.